The molecule has 2 aromatic heterocycles. The van der Waals surface area contributed by atoms with Crippen LogP contribution in [-0.2, 0) is 27.8 Å². The first-order chi connectivity index (χ1) is 27.9. The largest absolute Gasteiger partial charge is 0.418 e. The van der Waals surface area contributed by atoms with Crippen molar-refractivity contribution in [2.45, 2.75) is 111 Å². The molecule has 0 fully saturated rings. The van der Waals surface area contributed by atoms with Gasteiger partial charge < -0.3 is 9.13 Å². The van der Waals surface area contributed by atoms with Crippen LogP contribution in [0.3, 0.4) is 0 Å². The van der Waals surface area contributed by atoms with Crippen molar-refractivity contribution in [1.29, 1.82) is 5.26 Å². The van der Waals surface area contributed by atoms with Crippen LogP contribution in [0.2, 0.25) is 0 Å². The first-order valence-corrected chi connectivity index (χ1v) is 20.8. The Balaban J connectivity index is 1.55. The minimum Gasteiger partial charge on any atom is -0.309 e. The first kappa shape index (κ1) is 41.0. The molecule has 0 unspecified atom stereocenters. The average molecular weight is 802 g/mol. The number of benzene rings is 6. The third-order valence-electron chi connectivity index (χ3n) is 12.2. The number of fused-ring (bicyclic) bond motifs is 6. The van der Waals surface area contributed by atoms with E-state index in [1.807, 2.05) is 34.9 Å². The summed E-state index contributed by atoms with van der Waals surface area (Å²) in [5.74, 6) is 0. The average Bonchev–Trinajstić information content (AvgIpc) is 3.67. The maximum atomic E-state index is 16.1. The van der Waals surface area contributed by atoms with Crippen molar-refractivity contribution in [3.05, 3.63) is 143 Å². The highest BCUT2D eigenvalue weighted by atomic mass is 19.4. The molecule has 0 atom stereocenters. The third-order valence-corrected chi connectivity index (χ3v) is 12.2. The van der Waals surface area contributed by atoms with E-state index in [9.17, 15) is 5.26 Å². The topological polar surface area (TPSA) is 33.6 Å². The number of hydrogen-bond donors (Lipinski definition) is 0. The number of halogens is 3. The van der Waals surface area contributed by atoms with Gasteiger partial charge in [-0.05, 0) is 122 Å². The van der Waals surface area contributed by atoms with Gasteiger partial charge in [-0.3, -0.25) is 0 Å². The van der Waals surface area contributed by atoms with Gasteiger partial charge in [-0.15, -0.1) is 0 Å². The van der Waals surface area contributed by atoms with Gasteiger partial charge in [-0.2, -0.15) is 18.4 Å². The van der Waals surface area contributed by atoms with Gasteiger partial charge in [0, 0.05) is 27.1 Å². The van der Waals surface area contributed by atoms with E-state index in [1.165, 1.54) is 6.07 Å². The molecule has 60 heavy (non-hydrogen) atoms. The van der Waals surface area contributed by atoms with Crippen molar-refractivity contribution < 1.29 is 13.2 Å². The van der Waals surface area contributed by atoms with E-state index in [4.69, 9.17) is 0 Å². The van der Waals surface area contributed by atoms with Crippen LogP contribution in [0.15, 0.2) is 109 Å². The van der Waals surface area contributed by atoms with Crippen molar-refractivity contribution >= 4 is 43.6 Å². The van der Waals surface area contributed by atoms with E-state index in [-0.39, 0.29) is 27.3 Å². The first-order valence-electron chi connectivity index (χ1n) is 20.8. The Kier molecular flexibility index (Phi) is 9.29. The van der Waals surface area contributed by atoms with Crippen LogP contribution in [0.5, 0.6) is 0 Å². The molecule has 0 amide bonds. The summed E-state index contributed by atoms with van der Waals surface area (Å²) in [6.45, 7) is 25.9. The van der Waals surface area contributed by atoms with Gasteiger partial charge in [0.1, 0.15) is 0 Å². The molecule has 2 heterocycles. The second-order valence-electron chi connectivity index (χ2n) is 20.7. The Morgan fingerprint density at radius 2 is 0.800 bits per heavy atom. The summed E-state index contributed by atoms with van der Waals surface area (Å²) in [7, 11) is 0. The zero-order valence-corrected chi connectivity index (χ0v) is 36.9. The number of nitriles is 1. The quantitative estimate of drug-likeness (QED) is 0.175. The van der Waals surface area contributed by atoms with Gasteiger partial charge >= 0.3 is 6.18 Å². The lowest BCUT2D eigenvalue weighted by Gasteiger charge is -2.23. The number of rotatable bonds is 3. The highest BCUT2D eigenvalue weighted by Gasteiger charge is 2.37. The number of nitrogens with zero attached hydrogens (tertiary/aromatic N) is 3. The van der Waals surface area contributed by atoms with Crippen molar-refractivity contribution in [2.24, 2.45) is 0 Å². The molecule has 0 spiro atoms. The molecule has 0 aliphatic carbocycles. The molecule has 8 rings (SSSR count). The molecule has 6 heteroatoms. The van der Waals surface area contributed by atoms with E-state index >= 15 is 13.2 Å². The van der Waals surface area contributed by atoms with Crippen LogP contribution in [0.25, 0.3) is 66.1 Å². The van der Waals surface area contributed by atoms with Gasteiger partial charge in [0.05, 0.1) is 50.6 Å². The molecule has 0 N–H and O–H groups in total. The van der Waals surface area contributed by atoms with Crippen molar-refractivity contribution in [3.8, 4) is 28.6 Å². The zero-order chi connectivity index (χ0) is 43.5. The predicted octanol–water partition coefficient (Wildman–Crippen LogP) is 15.6. The molecule has 306 valence electrons. The number of hydrogen-bond acceptors (Lipinski definition) is 1. The van der Waals surface area contributed by atoms with Crippen LogP contribution in [0.1, 0.15) is 116 Å². The van der Waals surface area contributed by atoms with E-state index in [2.05, 4.69) is 138 Å². The molecule has 0 aliphatic heterocycles. The van der Waals surface area contributed by atoms with E-state index in [0.29, 0.717) is 33.4 Å². The van der Waals surface area contributed by atoms with Crippen molar-refractivity contribution in [1.82, 2.24) is 9.13 Å². The Morgan fingerprint density at radius 1 is 0.433 bits per heavy atom. The van der Waals surface area contributed by atoms with E-state index in [1.54, 1.807) is 28.8 Å². The van der Waals surface area contributed by atoms with E-state index < -0.39 is 11.7 Å². The second kappa shape index (κ2) is 13.6. The molecular weight excluding hydrogens is 748 g/mol. The Morgan fingerprint density at radius 3 is 1.13 bits per heavy atom. The zero-order valence-electron chi connectivity index (χ0n) is 36.9. The highest BCUT2D eigenvalue weighted by Crippen LogP contribution is 2.46. The summed E-state index contributed by atoms with van der Waals surface area (Å²) in [5, 5.41) is 13.8. The van der Waals surface area contributed by atoms with Crippen molar-refractivity contribution in [2.75, 3.05) is 0 Å². The minimum absolute atomic E-state index is 0.0291. The molecule has 0 saturated carbocycles. The number of aromatic nitrogens is 2. The Bertz CT molecular complexity index is 2920. The summed E-state index contributed by atoms with van der Waals surface area (Å²) in [6, 6.07) is 37.5. The van der Waals surface area contributed by atoms with Gasteiger partial charge in [0.25, 0.3) is 0 Å². The van der Waals surface area contributed by atoms with Crippen LogP contribution in [0.4, 0.5) is 13.2 Å². The minimum atomic E-state index is -4.73. The van der Waals surface area contributed by atoms with E-state index in [0.717, 1.165) is 54.8 Å². The maximum Gasteiger partial charge on any atom is 0.418 e. The van der Waals surface area contributed by atoms with Gasteiger partial charge in [-0.25, -0.2) is 0 Å². The summed E-state index contributed by atoms with van der Waals surface area (Å²) in [4.78, 5) is 0. The Hall–Kier alpha value is -5.80. The summed E-state index contributed by atoms with van der Waals surface area (Å²) >= 11 is 0. The smallest absolute Gasteiger partial charge is 0.309 e. The SMILES string of the molecule is CC(C)(C)c1ccc2c(c1)c1cc(C(C)(C)C)ccc1n2-c1cc(C(F)(F)F)c(-n2c3ccc(C(C)(C)C)cc3c3cc(C(C)(C)C)ccc32)cc1-c1cccc(C#N)c1. The van der Waals surface area contributed by atoms with Crippen LogP contribution >= 0.6 is 0 Å². The Labute approximate surface area is 352 Å². The maximum absolute atomic E-state index is 16.1. The van der Waals surface area contributed by atoms with Crippen molar-refractivity contribution in [3.63, 3.8) is 0 Å². The fourth-order valence-corrected chi connectivity index (χ4v) is 8.59. The lowest BCUT2D eigenvalue weighted by Crippen LogP contribution is -2.14. The molecule has 3 nitrogen and oxygen atoms in total. The molecule has 0 saturated heterocycles. The summed E-state index contributed by atoms with van der Waals surface area (Å²) in [6.07, 6.45) is -4.73. The van der Waals surface area contributed by atoms with Crippen LogP contribution < -0.4 is 0 Å². The fraction of sp³-hybridized carbons (Fsp3) is 0.315. The molecule has 0 bridgehead atoms. The molecule has 0 aliphatic rings. The summed E-state index contributed by atoms with van der Waals surface area (Å²) < 4.78 is 52.0. The van der Waals surface area contributed by atoms with Crippen LogP contribution in [-0.4, -0.2) is 9.13 Å². The van der Waals surface area contributed by atoms with Crippen LogP contribution in [0, 0.1) is 11.3 Å². The lowest BCUT2D eigenvalue weighted by atomic mass is 9.85. The standard InChI is InChI=1S/C54H54F3N3/c1-50(2,3)34-16-20-44-39(25-34)40-26-35(51(4,5)6)17-21-45(40)59(44)48-30-43(54(55,56)57)49(29-38(48)33-15-13-14-32(24-33)31-58)60-46-22-18-36(52(7,8)9)27-41(46)42-28-37(53(10,11)12)19-23-47(42)60/h13-30H,1-12H3. The number of alkyl halides is 3. The molecule has 6 aromatic carbocycles. The summed E-state index contributed by atoms with van der Waals surface area (Å²) in [5.41, 5.74) is 8.17. The lowest BCUT2D eigenvalue weighted by molar-refractivity contribution is -0.137. The molecular formula is C54H54F3N3. The normalized spacial score (nSPS) is 13.2. The monoisotopic (exact) mass is 801 g/mol. The third kappa shape index (κ3) is 6.96. The molecule has 8 aromatic rings. The van der Waals surface area contributed by atoms with Gasteiger partial charge in [0.15, 0.2) is 0 Å². The fourth-order valence-electron chi connectivity index (χ4n) is 8.59. The molecule has 0 radical (unpaired) electrons. The van der Waals surface area contributed by atoms with Gasteiger partial charge in [-0.1, -0.05) is 119 Å². The second-order valence-corrected chi connectivity index (χ2v) is 20.7. The predicted molar refractivity (Wildman–Crippen MR) is 245 cm³/mol. The highest BCUT2D eigenvalue weighted by molar-refractivity contribution is 6.12. The van der Waals surface area contributed by atoms with Gasteiger partial charge in [0.2, 0.25) is 0 Å².